The molecule has 0 atom stereocenters. The van der Waals surface area contributed by atoms with Gasteiger partial charge in [-0.1, -0.05) is 162 Å². The fraction of sp³-hybridized carbons (Fsp3) is 0.111. The zero-order chi connectivity index (χ0) is 38.2. The van der Waals surface area contributed by atoms with Gasteiger partial charge in [0.15, 0.2) is 0 Å². The number of aromatic nitrogens is 1. The summed E-state index contributed by atoms with van der Waals surface area (Å²) in [7, 11) is 0. The van der Waals surface area contributed by atoms with Gasteiger partial charge in [0.1, 0.15) is 0 Å². The van der Waals surface area contributed by atoms with Crippen LogP contribution in [0.15, 0.2) is 194 Å². The molecule has 1 aliphatic carbocycles. The molecule has 2 nitrogen and oxygen atoms in total. The molecule has 8 aromatic carbocycles. The minimum atomic E-state index is -0.0864. The van der Waals surface area contributed by atoms with E-state index >= 15 is 0 Å². The van der Waals surface area contributed by atoms with Gasteiger partial charge in [-0.05, 0) is 111 Å². The summed E-state index contributed by atoms with van der Waals surface area (Å²) in [6, 6.07) is 70.8. The Kier molecular flexibility index (Phi) is 9.11. The molecule has 0 radical (unpaired) electrons. The van der Waals surface area contributed by atoms with Crippen LogP contribution in [0.4, 0.5) is 17.1 Å². The third kappa shape index (κ3) is 6.08. The normalized spacial score (nSPS) is 12.5. The van der Waals surface area contributed by atoms with Crippen molar-refractivity contribution in [1.29, 1.82) is 0 Å². The van der Waals surface area contributed by atoms with Crippen LogP contribution < -0.4 is 4.90 Å². The van der Waals surface area contributed by atoms with Gasteiger partial charge in [0.05, 0.1) is 11.0 Å². The number of hydrogen-bond donors (Lipinski definition) is 0. The highest BCUT2D eigenvalue weighted by Crippen LogP contribution is 2.50. The molecule has 0 N–H and O–H groups in total. The monoisotopic (exact) mass is 722 g/mol. The Bertz CT molecular complexity index is 2790. The minimum absolute atomic E-state index is 0.0864. The summed E-state index contributed by atoms with van der Waals surface area (Å²) in [6.45, 7) is 8.95. The van der Waals surface area contributed by atoms with Gasteiger partial charge in [0.25, 0.3) is 0 Å². The highest BCUT2D eigenvalue weighted by molar-refractivity contribution is 6.10. The first-order chi connectivity index (χ1) is 27.5. The van der Waals surface area contributed by atoms with Crippen LogP contribution in [0, 0.1) is 0 Å². The maximum Gasteiger partial charge on any atom is 0.0541 e. The first-order valence-electron chi connectivity index (χ1n) is 19.9. The number of rotatable bonds is 6. The van der Waals surface area contributed by atoms with Crippen molar-refractivity contribution in [2.24, 2.45) is 0 Å². The first-order valence-corrected chi connectivity index (χ1v) is 19.9. The average Bonchev–Trinajstić information content (AvgIpc) is 3.70. The van der Waals surface area contributed by atoms with E-state index in [1.165, 1.54) is 78.4 Å². The molecule has 10 rings (SSSR count). The molecule has 2 heteroatoms. The molecule has 0 aliphatic heterocycles. The summed E-state index contributed by atoms with van der Waals surface area (Å²) in [5, 5.41) is 2.52. The van der Waals surface area contributed by atoms with Crippen LogP contribution in [0.2, 0.25) is 0 Å². The maximum atomic E-state index is 2.41. The molecule has 56 heavy (non-hydrogen) atoms. The molecule has 0 saturated carbocycles. The standard InChI is InChI=1S/C51H38N2.C3H8/c1-51(2)47-19-11-9-17-43(47)44-31-30-42(34-48(44)51)52(40-26-21-36(22-27-40)35-13-5-3-6-14-35)41-28-23-37(24-29-41)38-25-32-50-46(33-38)45-18-10-12-20-49(45)53(50)39-15-7-4-8-16-39;1-3-2/h3-34H,1-2H3;3H2,1-2H3. The number of nitrogens with zero attached hydrogens (tertiary/aromatic N) is 2. The molecule has 0 saturated heterocycles. The van der Waals surface area contributed by atoms with Gasteiger partial charge in [0, 0.05) is 38.9 Å². The van der Waals surface area contributed by atoms with Crippen molar-refractivity contribution in [1.82, 2.24) is 4.57 Å². The van der Waals surface area contributed by atoms with E-state index in [0.29, 0.717) is 0 Å². The lowest BCUT2D eigenvalue weighted by Gasteiger charge is -2.28. The van der Waals surface area contributed by atoms with Crippen LogP contribution in [0.1, 0.15) is 45.2 Å². The van der Waals surface area contributed by atoms with Crippen molar-refractivity contribution in [3.8, 4) is 39.1 Å². The third-order valence-electron chi connectivity index (χ3n) is 11.2. The predicted molar refractivity (Wildman–Crippen MR) is 240 cm³/mol. The van der Waals surface area contributed by atoms with Gasteiger partial charge in [-0.15, -0.1) is 0 Å². The molecule has 9 aromatic rings. The fourth-order valence-corrected chi connectivity index (χ4v) is 8.52. The fourth-order valence-electron chi connectivity index (χ4n) is 8.52. The molecule has 0 unspecified atom stereocenters. The molecule has 0 bridgehead atoms. The number of anilines is 3. The summed E-state index contributed by atoms with van der Waals surface area (Å²) in [6.07, 6.45) is 1.25. The van der Waals surface area contributed by atoms with Crippen molar-refractivity contribution >= 4 is 38.9 Å². The maximum absolute atomic E-state index is 2.41. The second-order valence-electron chi connectivity index (χ2n) is 15.3. The Morgan fingerprint density at radius 2 is 0.911 bits per heavy atom. The molecule has 1 heterocycles. The minimum Gasteiger partial charge on any atom is -0.310 e. The van der Waals surface area contributed by atoms with Gasteiger partial charge < -0.3 is 9.47 Å². The van der Waals surface area contributed by atoms with Crippen LogP contribution in [0.25, 0.3) is 60.9 Å². The molecule has 0 spiro atoms. The molecule has 0 amide bonds. The molecule has 1 aromatic heterocycles. The summed E-state index contributed by atoms with van der Waals surface area (Å²) in [5.74, 6) is 0. The molecule has 0 fully saturated rings. The summed E-state index contributed by atoms with van der Waals surface area (Å²) in [4.78, 5) is 2.40. The Hall–Kier alpha value is -6.64. The van der Waals surface area contributed by atoms with Crippen molar-refractivity contribution in [3.05, 3.63) is 205 Å². The first kappa shape index (κ1) is 35.1. The Labute approximate surface area is 331 Å². The van der Waals surface area contributed by atoms with Crippen molar-refractivity contribution in [2.75, 3.05) is 4.90 Å². The van der Waals surface area contributed by atoms with E-state index in [1.807, 2.05) is 0 Å². The van der Waals surface area contributed by atoms with E-state index in [2.05, 4.69) is 231 Å². The highest BCUT2D eigenvalue weighted by Gasteiger charge is 2.35. The number of hydrogen-bond acceptors (Lipinski definition) is 1. The van der Waals surface area contributed by atoms with Crippen LogP contribution in [0.3, 0.4) is 0 Å². The largest absolute Gasteiger partial charge is 0.310 e. The van der Waals surface area contributed by atoms with E-state index in [4.69, 9.17) is 0 Å². The lowest BCUT2D eigenvalue weighted by atomic mass is 9.82. The highest BCUT2D eigenvalue weighted by atomic mass is 15.1. The van der Waals surface area contributed by atoms with Gasteiger partial charge in [0.2, 0.25) is 0 Å². The van der Waals surface area contributed by atoms with Crippen LogP contribution >= 0.6 is 0 Å². The van der Waals surface area contributed by atoms with Crippen LogP contribution in [-0.4, -0.2) is 4.57 Å². The second-order valence-corrected chi connectivity index (χ2v) is 15.3. The molecule has 272 valence electrons. The average molecular weight is 723 g/mol. The van der Waals surface area contributed by atoms with E-state index in [-0.39, 0.29) is 5.41 Å². The lowest BCUT2D eigenvalue weighted by Crippen LogP contribution is -2.16. The molecular formula is C54H46N2. The van der Waals surface area contributed by atoms with E-state index < -0.39 is 0 Å². The zero-order valence-electron chi connectivity index (χ0n) is 32.6. The summed E-state index contributed by atoms with van der Waals surface area (Å²) >= 11 is 0. The molecule has 1 aliphatic rings. The Morgan fingerprint density at radius 1 is 0.411 bits per heavy atom. The van der Waals surface area contributed by atoms with Crippen molar-refractivity contribution < 1.29 is 0 Å². The van der Waals surface area contributed by atoms with Crippen molar-refractivity contribution in [3.63, 3.8) is 0 Å². The van der Waals surface area contributed by atoms with Gasteiger partial charge >= 0.3 is 0 Å². The second kappa shape index (κ2) is 14.5. The Morgan fingerprint density at radius 3 is 1.61 bits per heavy atom. The number of benzene rings is 8. The van der Waals surface area contributed by atoms with Gasteiger partial charge in [-0.2, -0.15) is 0 Å². The third-order valence-corrected chi connectivity index (χ3v) is 11.2. The van der Waals surface area contributed by atoms with E-state index in [0.717, 1.165) is 17.1 Å². The summed E-state index contributed by atoms with van der Waals surface area (Å²) in [5.41, 5.74) is 17.2. The van der Waals surface area contributed by atoms with Crippen LogP contribution in [-0.2, 0) is 5.41 Å². The van der Waals surface area contributed by atoms with Crippen LogP contribution in [0.5, 0.6) is 0 Å². The van der Waals surface area contributed by atoms with E-state index in [1.54, 1.807) is 0 Å². The Balaban J connectivity index is 0.00000133. The predicted octanol–water partition coefficient (Wildman–Crippen LogP) is 15.3. The lowest BCUT2D eigenvalue weighted by molar-refractivity contribution is 0.660. The van der Waals surface area contributed by atoms with E-state index in [9.17, 15) is 0 Å². The molecular weight excluding hydrogens is 677 g/mol. The number of para-hydroxylation sites is 2. The van der Waals surface area contributed by atoms with Crippen molar-refractivity contribution in [2.45, 2.75) is 39.5 Å². The SMILES string of the molecule is CC1(C)c2ccccc2-c2ccc(N(c3ccc(-c4ccccc4)cc3)c3ccc(-c4ccc5c(c4)c4ccccc4n5-c4ccccc4)cc3)cc21.CCC. The van der Waals surface area contributed by atoms with Gasteiger partial charge in [-0.25, -0.2) is 0 Å². The summed E-state index contributed by atoms with van der Waals surface area (Å²) < 4.78 is 2.37. The number of fused-ring (bicyclic) bond motifs is 6. The quantitative estimate of drug-likeness (QED) is 0.166. The van der Waals surface area contributed by atoms with Gasteiger partial charge in [-0.3, -0.25) is 0 Å². The zero-order valence-corrected chi connectivity index (χ0v) is 32.6. The topological polar surface area (TPSA) is 8.17 Å². The smallest absolute Gasteiger partial charge is 0.0541 e.